The molecule has 0 aliphatic heterocycles. The van der Waals surface area contributed by atoms with Gasteiger partial charge in [0, 0.05) is 0 Å². The molecule has 0 amide bonds. The first-order valence-electron chi connectivity index (χ1n) is 5.51. The van der Waals surface area contributed by atoms with Crippen molar-refractivity contribution < 1.29 is 14.9 Å². The number of aliphatic hydroxyl groups is 1. The molecule has 0 fully saturated rings. The van der Waals surface area contributed by atoms with Crippen LogP contribution in [0.25, 0.3) is 0 Å². The molecular formula is C14H13ClO3. The van der Waals surface area contributed by atoms with Crippen molar-refractivity contribution >= 4 is 11.6 Å². The number of phenolic OH excluding ortho intramolecular Hbond substituents is 1. The van der Waals surface area contributed by atoms with Gasteiger partial charge in [-0.1, -0.05) is 35.9 Å². The monoisotopic (exact) mass is 264 g/mol. The van der Waals surface area contributed by atoms with Crippen molar-refractivity contribution in [1.29, 1.82) is 0 Å². The Morgan fingerprint density at radius 2 is 1.89 bits per heavy atom. The van der Waals surface area contributed by atoms with Crippen molar-refractivity contribution in [3.05, 3.63) is 59.1 Å². The lowest BCUT2D eigenvalue weighted by Gasteiger charge is -2.13. The molecule has 1 unspecified atom stereocenters. The quantitative estimate of drug-likeness (QED) is 0.892. The summed E-state index contributed by atoms with van der Waals surface area (Å²) in [4.78, 5) is 0. The number of hydrogen-bond donors (Lipinski definition) is 2. The van der Waals surface area contributed by atoms with Crippen molar-refractivity contribution in [2.75, 3.05) is 6.61 Å². The Morgan fingerprint density at radius 3 is 2.61 bits per heavy atom. The third kappa shape index (κ3) is 3.15. The van der Waals surface area contributed by atoms with Gasteiger partial charge in [-0.05, 0) is 29.8 Å². The van der Waals surface area contributed by atoms with E-state index in [1.807, 2.05) is 6.07 Å². The summed E-state index contributed by atoms with van der Waals surface area (Å²) in [6.45, 7) is 0.0766. The molecule has 0 heterocycles. The number of benzene rings is 2. The topological polar surface area (TPSA) is 49.7 Å². The zero-order valence-corrected chi connectivity index (χ0v) is 10.3. The van der Waals surface area contributed by atoms with Gasteiger partial charge < -0.3 is 14.9 Å². The number of aliphatic hydroxyl groups excluding tert-OH is 1. The highest BCUT2D eigenvalue weighted by Crippen LogP contribution is 2.25. The molecule has 18 heavy (non-hydrogen) atoms. The molecule has 1 atom stereocenters. The van der Waals surface area contributed by atoms with E-state index >= 15 is 0 Å². The van der Waals surface area contributed by atoms with Crippen LogP contribution >= 0.6 is 11.6 Å². The Morgan fingerprint density at radius 1 is 1.11 bits per heavy atom. The van der Waals surface area contributed by atoms with E-state index in [-0.39, 0.29) is 12.4 Å². The fourth-order valence-electron chi connectivity index (χ4n) is 1.56. The van der Waals surface area contributed by atoms with Crippen LogP contribution in [0.4, 0.5) is 0 Å². The van der Waals surface area contributed by atoms with E-state index in [4.69, 9.17) is 16.3 Å². The van der Waals surface area contributed by atoms with Gasteiger partial charge >= 0.3 is 0 Å². The van der Waals surface area contributed by atoms with E-state index < -0.39 is 6.10 Å². The van der Waals surface area contributed by atoms with Gasteiger partial charge in [-0.2, -0.15) is 0 Å². The number of rotatable bonds is 4. The van der Waals surface area contributed by atoms with Crippen molar-refractivity contribution in [1.82, 2.24) is 0 Å². The fraction of sp³-hybridized carbons (Fsp3) is 0.143. The van der Waals surface area contributed by atoms with Crippen LogP contribution in [0.3, 0.4) is 0 Å². The zero-order chi connectivity index (χ0) is 13.0. The first-order chi connectivity index (χ1) is 8.66. The first-order valence-corrected chi connectivity index (χ1v) is 5.89. The molecule has 0 saturated heterocycles. The lowest BCUT2D eigenvalue weighted by Crippen LogP contribution is -2.09. The molecule has 0 aliphatic rings. The van der Waals surface area contributed by atoms with Gasteiger partial charge in [0.25, 0.3) is 0 Å². The molecule has 0 saturated carbocycles. The van der Waals surface area contributed by atoms with Gasteiger partial charge in [-0.3, -0.25) is 0 Å². The molecule has 0 bridgehead atoms. The molecule has 2 N–H and O–H groups in total. The second-order valence-corrected chi connectivity index (χ2v) is 4.26. The highest BCUT2D eigenvalue weighted by molar-refractivity contribution is 6.32. The van der Waals surface area contributed by atoms with Crippen LogP contribution in [0.2, 0.25) is 5.02 Å². The summed E-state index contributed by atoms with van der Waals surface area (Å²) >= 11 is 5.93. The maximum atomic E-state index is 9.92. The Kier molecular flexibility index (Phi) is 4.07. The van der Waals surface area contributed by atoms with Crippen molar-refractivity contribution in [3.8, 4) is 11.5 Å². The molecule has 0 aromatic heterocycles. The summed E-state index contributed by atoms with van der Waals surface area (Å²) in [5, 5.41) is 19.7. The minimum Gasteiger partial charge on any atom is -0.508 e. The van der Waals surface area contributed by atoms with E-state index in [2.05, 4.69) is 0 Å². The number of para-hydroxylation sites is 1. The predicted octanol–water partition coefficient (Wildman–Crippen LogP) is 3.16. The maximum Gasteiger partial charge on any atom is 0.138 e. The Labute approximate surface area is 110 Å². The van der Waals surface area contributed by atoms with Crippen LogP contribution in [-0.4, -0.2) is 16.8 Å². The number of aromatic hydroxyl groups is 1. The minimum absolute atomic E-state index is 0.0766. The second kappa shape index (κ2) is 5.76. The normalized spacial score (nSPS) is 12.1. The van der Waals surface area contributed by atoms with E-state index in [1.54, 1.807) is 36.4 Å². The largest absolute Gasteiger partial charge is 0.508 e. The Hall–Kier alpha value is -1.71. The van der Waals surface area contributed by atoms with Crippen molar-refractivity contribution in [3.63, 3.8) is 0 Å². The van der Waals surface area contributed by atoms with Crippen LogP contribution in [0.15, 0.2) is 48.5 Å². The van der Waals surface area contributed by atoms with Gasteiger partial charge in [-0.25, -0.2) is 0 Å². The van der Waals surface area contributed by atoms with Gasteiger partial charge in [0.05, 0.1) is 5.02 Å². The smallest absolute Gasteiger partial charge is 0.138 e. The van der Waals surface area contributed by atoms with Crippen LogP contribution in [0.1, 0.15) is 11.7 Å². The van der Waals surface area contributed by atoms with E-state index in [9.17, 15) is 10.2 Å². The van der Waals surface area contributed by atoms with Gasteiger partial charge in [0.15, 0.2) is 0 Å². The molecule has 94 valence electrons. The van der Waals surface area contributed by atoms with Crippen LogP contribution in [0.5, 0.6) is 11.5 Å². The lowest BCUT2D eigenvalue weighted by molar-refractivity contribution is 0.108. The first kappa shape index (κ1) is 12.7. The highest BCUT2D eigenvalue weighted by atomic mass is 35.5. The van der Waals surface area contributed by atoms with Gasteiger partial charge in [-0.15, -0.1) is 0 Å². The van der Waals surface area contributed by atoms with Crippen molar-refractivity contribution in [2.24, 2.45) is 0 Å². The standard InChI is InChI=1S/C14H13ClO3/c15-12-6-1-2-7-14(12)18-9-13(17)10-4-3-5-11(16)8-10/h1-8,13,16-17H,9H2. The van der Waals surface area contributed by atoms with Crippen LogP contribution in [-0.2, 0) is 0 Å². The molecule has 0 aliphatic carbocycles. The average molecular weight is 265 g/mol. The third-order valence-corrected chi connectivity index (χ3v) is 2.80. The maximum absolute atomic E-state index is 9.92. The molecule has 2 rings (SSSR count). The van der Waals surface area contributed by atoms with Crippen molar-refractivity contribution in [2.45, 2.75) is 6.10 Å². The predicted molar refractivity (Wildman–Crippen MR) is 70.0 cm³/mol. The Bertz CT molecular complexity index is 528. The molecule has 3 nitrogen and oxygen atoms in total. The molecule has 0 spiro atoms. The summed E-state index contributed by atoms with van der Waals surface area (Å²) in [7, 11) is 0. The minimum atomic E-state index is -0.812. The number of halogens is 1. The molecule has 0 radical (unpaired) electrons. The van der Waals surface area contributed by atoms with E-state index in [0.717, 1.165) is 0 Å². The highest BCUT2D eigenvalue weighted by Gasteiger charge is 2.10. The Balaban J connectivity index is 2.00. The number of ether oxygens (including phenoxy) is 1. The van der Waals surface area contributed by atoms with Gasteiger partial charge in [0.1, 0.15) is 24.2 Å². The number of hydrogen-bond acceptors (Lipinski definition) is 3. The molecule has 2 aromatic carbocycles. The number of phenols is 1. The molecule has 2 aromatic rings. The third-order valence-electron chi connectivity index (χ3n) is 2.49. The summed E-state index contributed by atoms with van der Waals surface area (Å²) in [5.74, 6) is 0.641. The summed E-state index contributed by atoms with van der Waals surface area (Å²) < 4.78 is 5.43. The van der Waals surface area contributed by atoms with Crippen LogP contribution < -0.4 is 4.74 Å². The van der Waals surface area contributed by atoms with E-state index in [0.29, 0.717) is 16.3 Å². The SMILES string of the molecule is Oc1cccc(C(O)COc2ccccc2Cl)c1. The van der Waals surface area contributed by atoms with Gasteiger partial charge in [0.2, 0.25) is 0 Å². The zero-order valence-electron chi connectivity index (χ0n) is 9.58. The molecule has 4 heteroatoms. The summed E-state index contributed by atoms with van der Waals surface area (Å²) in [5.41, 5.74) is 0.599. The fourth-order valence-corrected chi connectivity index (χ4v) is 1.75. The van der Waals surface area contributed by atoms with E-state index in [1.165, 1.54) is 6.07 Å². The second-order valence-electron chi connectivity index (χ2n) is 3.85. The summed E-state index contributed by atoms with van der Waals surface area (Å²) in [6, 6.07) is 13.5. The lowest BCUT2D eigenvalue weighted by atomic mass is 10.1. The average Bonchev–Trinajstić information content (AvgIpc) is 2.37. The molecular weight excluding hydrogens is 252 g/mol. The summed E-state index contributed by atoms with van der Waals surface area (Å²) in [6.07, 6.45) is -0.812. The van der Waals surface area contributed by atoms with Crippen LogP contribution in [0, 0.1) is 0 Å².